The number of benzene rings is 2. The molecule has 9 nitrogen and oxygen atoms in total. The van der Waals surface area contributed by atoms with Crippen molar-refractivity contribution < 1.29 is 27.5 Å². The van der Waals surface area contributed by atoms with Crippen LogP contribution in [-0.2, 0) is 18.4 Å². The fraction of sp³-hybridized carbons (Fsp3) is 0.292. The van der Waals surface area contributed by atoms with Gasteiger partial charge in [-0.05, 0) is 50.6 Å². The zero-order valence-corrected chi connectivity index (χ0v) is 21.6. The van der Waals surface area contributed by atoms with Crippen molar-refractivity contribution in [3.8, 4) is 5.75 Å². The van der Waals surface area contributed by atoms with E-state index in [1.165, 1.54) is 24.5 Å². The van der Waals surface area contributed by atoms with Crippen LogP contribution in [0.3, 0.4) is 0 Å². The first kappa shape index (κ1) is 27.5. The Morgan fingerprint density at radius 3 is 2.61 bits per heavy atom. The maximum absolute atomic E-state index is 13.5. The molecule has 0 bridgehead atoms. The molecular weight excluding hydrogens is 510 g/mol. The van der Waals surface area contributed by atoms with Crippen LogP contribution in [0.15, 0.2) is 49.3 Å². The van der Waals surface area contributed by atoms with Crippen LogP contribution in [-0.4, -0.2) is 41.9 Å². The maximum atomic E-state index is 13.5. The van der Waals surface area contributed by atoms with Gasteiger partial charge in [0.15, 0.2) is 0 Å². The molecule has 36 heavy (non-hydrogen) atoms. The molecule has 0 aliphatic heterocycles. The summed E-state index contributed by atoms with van der Waals surface area (Å²) in [6, 6.07) is 7.52. The Morgan fingerprint density at radius 1 is 1.19 bits per heavy atom. The van der Waals surface area contributed by atoms with Crippen LogP contribution in [0.4, 0.5) is 21.6 Å². The van der Waals surface area contributed by atoms with E-state index in [0.717, 1.165) is 6.08 Å². The van der Waals surface area contributed by atoms with E-state index in [9.17, 15) is 13.8 Å². The molecular formula is C24H27ClFN4O5P. The highest BCUT2D eigenvalue weighted by Gasteiger charge is 2.23. The van der Waals surface area contributed by atoms with Gasteiger partial charge in [0.25, 0.3) is 0 Å². The number of carbonyl (C=O) groups is 1. The maximum Gasteiger partial charge on any atom is 0.330 e. The monoisotopic (exact) mass is 536 g/mol. The molecule has 2 N–H and O–H groups in total. The van der Waals surface area contributed by atoms with Gasteiger partial charge in [-0.3, -0.25) is 9.36 Å². The Bertz CT molecular complexity index is 1280. The highest BCUT2D eigenvalue weighted by Crippen LogP contribution is 2.48. The smallest absolute Gasteiger partial charge is 0.330 e. The Balaban J connectivity index is 1.86. The van der Waals surface area contributed by atoms with Crippen LogP contribution < -0.4 is 15.4 Å². The van der Waals surface area contributed by atoms with Crippen molar-refractivity contribution in [3.63, 3.8) is 0 Å². The van der Waals surface area contributed by atoms with Crippen LogP contribution in [0.2, 0.25) is 5.02 Å². The highest BCUT2D eigenvalue weighted by molar-refractivity contribution is 7.53. The summed E-state index contributed by atoms with van der Waals surface area (Å²) in [5.74, 6) is -0.203. The second kappa shape index (κ2) is 12.8. The Kier molecular flexibility index (Phi) is 9.78. The van der Waals surface area contributed by atoms with Gasteiger partial charge in [-0.15, -0.1) is 0 Å². The first-order valence-corrected chi connectivity index (χ1v) is 13.3. The van der Waals surface area contributed by atoms with E-state index in [2.05, 4.69) is 27.2 Å². The van der Waals surface area contributed by atoms with Crippen LogP contribution >= 0.6 is 19.2 Å². The minimum absolute atomic E-state index is 0.0359. The largest absolute Gasteiger partial charge is 0.491 e. The fourth-order valence-corrected chi connectivity index (χ4v) is 5.11. The second-order valence-corrected chi connectivity index (χ2v) is 10.00. The number of halogens is 2. The van der Waals surface area contributed by atoms with Crippen molar-refractivity contribution in [1.82, 2.24) is 9.97 Å². The standard InChI is InChI=1S/C24H27ClFN4O5P/c1-4-23(31)30-21-13-17-20(14-22(21)33-10-7-11-36(32,34-5-2)35-6-3)27-15-28-24(17)29-16-8-9-19(26)18(25)12-16/h4,8-9,12-15H,1,5-7,10-11H2,2-3H3,(H,30,31)(H,27,28,29). The molecule has 0 unspecified atom stereocenters. The summed E-state index contributed by atoms with van der Waals surface area (Å²) in [4.78, 5) is 20.6. The molecule has 0 radical (unpaired) electrons. The Morgan fingerprint density at radius 2 is 1.94 bits per heavy atom. The van der Waals surface area contributed by atoms with Gasteiger partial charge in [-0.2, -0.15) is 0 Å². The Hall–Kier alpha value is -3.04. The SMILES string of the molecule is C=CC(=O)Nc1cc2c(Nc3ccc(F)c(Cl)c3)ncnc2cc1OCCCP(=O)(OCC)OCC. The van der Waals surface area contributed by atoms with Gasteiger partial charge in [0.2, 0.25) is 5.91 Å². The number of carbonyl (C=O) groups excluding carboxylic acids is 1. The lowest BCUT2D eigenvalue weighted by molar-refractivity contribution is -0.111. The number of hydrogen-bond donors (Lipinski definition) is 2. The first-order chi connectivity index (χ1) is 17.3. The summed E-state index contributed by atoms with van der Waals surface area (Å²) in [6.45, 7) is 7.73. The molecule has 1 heterocycles. The first-order valence-electron chi connectivity index (χ1n) is 11.2. The quantitative estimate of drug-likeness (QED) is 0.148. The number of anilines is 3. The molecule has 0 aliphatic carbocycles. The third-order valence-corrected chi connectivity index (χ3v) is 7.30. The second-order valence-electron chi connectivity index (χ2n) is 7.41. The summed E-state index contributed by atoms with van der Waals surface area (Å²) in [5, 5.41) is 6.34. The van der Waals surface area contributed by atoms with Gasteiger partial charge < -0.3 is 24.4 Å². The summed E-state index contributed by atoms with van der Waals surface area (Å²) in [6.07, 6.45) is 3.08. The summed E-state index contributed by atoms with van der Waals surface area (Å²) < 4.78 is 42.7. The minimum atomic E-state index is -3.19. The molecule has 0 saturated carbocycles. The summed E-state index contributed by atoms with van der Waals surface area (Å²) >= 11 is 5.89. The third kappa shape index (κ3) is 7.24. The molecule has 1 aromatic heterocycles. The number of aromatic nitrogens is 2. The zero-order chi connectivity index (χ0) is 26.1. The van der Waals surface area contributed by atoms with Crippen molar-refractivity contribution in [3.05, 3.63) is 60.2 Å². The van der Waals surface area contributed by atoms with Crippen molar-refractivity contribution in [2.24, 2.45) is 0 Å². The van der Waals surface area contributed by atoms with Gasteiger partial charge in [-0.1, -0.05) is 18.2 Å². The number of amides is 1. The lowest BCUT2D eigenvalue weighted by Gasteiger charge is -2.18. The molecule has 3 rings (SSSR count). The fourth-order valence-electron chi connectivity index (χ4n) is 3.30. The number of hydrogen-bond acceptors (Lipinski definition) is 8. The van der Waals surface area contributed by atoms with E-state index in [1.807, 2.05) is 0 Å². The van der Waals surface area contributed by atoms with Crippen LogP contribution in [0.1, 0.15) is 20.3 Å². The minimum Gasteiger partial charge on any atom is -0.491 e. The van der Waals surface area contributed by atoms with Crippen LogP contribution in [0, 0.1) is 5.82 Å². The molecule has 3 aromatic rings. The van der Waals surface area contributed by atoms with E-state index in [-0.39, 0.29) is 31.0 Å². The average molecular weight is 537 g/mol. The van der Waals surface area contributed by atoms with Crippen molar-refractivity contribution in [1.29, 1.82) is 0 Å². The summed E-state index contributed by atoms with van der Waals surface area (Å²) in [7, 11) is -3.19. The van der Waals surface area contributed by atoms with Gasteiger partial charge in [0, 0.05) is 17.1 Å². The van der Waals surface area contributed by atoms with Crippen LogP contribution in [0.5, 0.6) is 5.75 Å². The van der Waals surface area contributed by atoms with Gasteiger partial charge >= 0.3 is 7.60 Å². The van der Waals surface area contributed by atoms with E-state index in [1.54, 1.807) is 26.0 Å². The predicted molar refractivity (Wildman–Crippen MR) is 139 cm³/mol. The lowest BCUT2D eigenvalue weighted by Crippen LogP contribution is -2.11. The normalized spacial score (nSPS) is 11.3. The van der Waals surface area contributed by atoms with E-state index in [0.29, 0.717) is 40.3 Å². The van der Waals surface area contributed by atoms with Crippen LogP contribution in [0.25, 0.3) is 10.9 Å². The van der Waals surface area contributed by atoms with Gasteiger partial charge in [-0.25, -0.2) is 14.4 Å². The molecule has 0 atom stereocenters. The summed E-state index contributed by atoms with van der Waals surface area (Å²) in [5.41, 5.74) is 1.41. The van der Waals surface area contributed by atoms with Crippen molar-refractivity contribution >= 4 is 53.2 Å². The topological polar surface area (TPSA) is 112 Å². The third-order valence-electron chi connectivity index (χ3n) is 4.85. The zero-order valence-electron chi connectivity index (χ0n) is 19.9. The highest BCUT2D eigenvalue weighted by atomic mass is 35.5. The molecule has 0 aliphatic rings. The molecule has 2 aromatic carbocycles. The molecule has 12 heteroatoms. The molecule has 0 fully saturated rings. The van der Waals surface area contributed by atoms with Crippen molar-refractivity contribution in [2.45, 2.75) is 20.3 Å². The molecule has 192 valence electrons. The molecule has 0 spiro atoms. The average Bonchev–Trinajstić information content (AvgIpc) is 2.85. The number of nitrogens with zero attached hydrogens (tertiary/aromatic N) is 2. The van der Waals surface area contributed by atoms with Gasteiger partial charge in [0.05, 0.1) is 42.2 Å². The van der Waals surface area contributed by atoms with E-state index in [4.69, 9.17) is 25.4 Å². The van der Waals surface area contributed by atoms with E-state index >= 15 is 0 Å². The Labute approximate surface area is 213 Å². The van der Waals surface area contributed by atoms with Gasteiger partial charge in [0.1, 0.15) is 23.7 Å². The van der Waals surface area contributed by atoms with Crippen molar-refractivity contribution in [2.75, 3.05) is 36.6 Å². The lowest BCUT2D eigenvalue weighted by atomic mass is 10.1. The molecule has 0 saturated heterocycles. The van der Waals surface area contributed by atoms with E-state index < -0.39 is 19.3 Å². The number of rotatable bonds is 13. The predicted octanol–water partition coefficient (Wildman–Crippen LogP) is 6.33. The number of ether oxygens (including phenoxy) is 1. The number of nitrogens with one attached hydrogen (secondary N) is 2. The number of fused-ring (bicyclic) bond motifs is 1. The molecule has 1 amide bonds.